The van der Waals surface area contributed by atoms with Gasteiger partial charge in [0.25, 0.3) is 0 Å². The standard InChI is InChI=1S/C13H16F2N2O3S/c1-3-7(6-21-2)16-13(20)17-11-4-8(12(18)19)9(14)5-10(11)15/h4-5,7H,3,6H2,1-2H3,(H,18,19)(H2,16,17,20). The third-order valence-corrected chi connectivity index (χ3v) is 3.47. The summed E-state index contributed by atoms with van der Waals surface area (Å²) in [6.07, 6.45) is 2.58. The van der Waals surface area contributed by atoms with E-state index in [9.17, 15) is 18.4 Å². The predicted molar refractivity (Wildman–Crippen MR) is 77.9 cm³/mol. The van der Waals surface area contributed by atoms with Crippen molar-refractivity contribution < 1.29 is 23.5 Å². The van der Waals surface area contributed by atoms with E-state index in [1.165, 1.54) is 0 Å². The van der Waals surface area contributed by atoms with Gasteiger partial charge in [0.2, 0.25) is 0 Å². The summed E-state index contributed by atoms with van der Waals surface area (Å²) in [4.78, 5) is 22.5. The second kappa shape index (κ2) is 7.82. The van der Waals surface area contributed by atoms with Crippen molar-refractivity contribution in [3.05, 3.63) is 29.3 Å². The highest BCUT2D eigenvalue weighted by Crippen LogP contribution is 2.19. The molecule has 0 heterocycles. The molecular formula is C13H16F2N2O3S. The van der Waals surface area contributed by atoms with Gasteiger partial charge in [0.1, 0.15) is 11.6 Å². The summed E-state index contributed by atoms with van der Waals surface area (Å²) in [5, 5.41) is 13.6. The molecule has 0 radical (unpaired) electrons. The average Bonchev–Trinajstić information content (AvgIpc) is 2.40. The lowest BCUT2D eigenvalue weighted by molar-refractivity contribution is 0.0692. The molecule has 3 N–H and O–H groups in total. The van der Waals surface area contributed by atoms with E-state index in [2.05, 4.69) is 10.6 Å². The van der Waals surface area contributed by atoms with Crippen LogP contribution in [0.25, 0.3) is 0 Å². The van der Waals surface area contributed by atoms with Crippen LogP contribution in [0.2, 0.25) is 0 Å². The van der Waals surface area contributed by atoms with Crippen LogP contribution in [0.4, 0.5) is 19.3 Å². The topological polar surface area (TPSA) is 78.4 Å². The maximum atomic E-state index is 13.5. The van der Waals surface area contributed by atoms with Crippen LogP contribution in [0.5, 0.6) is 0 Å². The normalized spacial score (nSPS) is 11.8. The first-order chi connectivity index (χ1) is 9.88. The van der Waals surface area contributed by atoms with Crippen LogP contribution in [-0.2, 0) is 0 Å². The molecule has 1 aromatic rings. The third-order valence-electron chi connectivity index (χ3n) is 2.73. The molecule has 21 heavy (non-hydrogen) atoms. The van der Waals surface area contributed by atoms with Gasteiger partial charge in [-0.25, -0.2) is 18.4 Å². The van der Waals surface area contributed by atoms with Gasteiger partial charge in [0.15, 0.2) is 0 Å². The minimum Gasteiger partial charge on any atom is -0.478 e. The summed E-state index contributed by atoms with van der Waals surface area (Å²) < 4.78 is 26.8. The van der Waals surface area contributed by atoms with E-state index in [0.717, 1.165) is 6.07 Å². The first kappa shape index (κ1) is 17.2. The fraction of sp³-hybridized carbons (Fsp3) is 0.385. The molecule has 0 aliphatic heterocycles. The summed E-state index contributed by atoms with van der Waals surface area (Å²) in [7, 11) is 0. The van der Waals surface area contributed by atoms with Crippen LogP contribution in [0.15, 0.2) is 12.1 Å². The number of aromatic carboxylic acids is 1. The number of carbonyl (C=O) groups is 2. The van der Waals surface area contributed by atoms with Gasteiger partial charge in [-0.15, -0.1) is 0 Å². The Labute approximate surface area is 125 Å². The highest BCUT2D eigenvalue weighted by Gasteiger charge is 2.17. The van der Waals surface area contributed by atoms with Crippen molar-refractivity contribution in [2.45, 2.75) is 19.4 Å². The summed E-state index contributed by atoms with van der Waals surface area (Å²) in [5.74, 6) is -3.08. The van der Waals surface area contributed by atoms with Crippen molar-refractivity contribution >= 4 is 29.4 Å². The Morgan fingerprint density at radius 1 is 1.33 bits per heavy atom. The number of benzene rings is 1. The van der Waals surface area contributed by atoms with E-state index >= 15 is 0 Å². The molecule has 5 nitrogen and oxygen atoms in total. The molecule has 0 saturated carbocycles. The van der Waals surface area contributed by atoms with Crippen molar-refractivity contribution in [2.24, 2.45) is 0 Å². The Morgan fingerprint density at radius 3 is 2.52 bits per heavy atom. The average molecular weight is 318 g/mol. The van der Waals surface area contributed by atoms with Crippen LogP contribution in [0.1, 0.15) is 23.7 Å². The Kier molecular flexibility index (Phi) is 6.41. The monoisotopic (exact) mass is 318 g/mol. The number of thioether (sulfide) groups is 1. The summed E-state index contributed by atoms with van der Waals surface area (Å²) in [6.45, 7) is 1.89. The van der Waals surface area contributed by atoms with Crippen LogP contribution >= 0.6 is 11.8 Å². The lowest BCUT2D eigenvalue weighted by atomic mass is 10.2. The molecule has 8 heteroatoms. The zero-order valence-corrected chi connectivity index (χ0v) is 12.4. The van der Waals surface area contributed by atoms with Gasteiger partial charge < -0.3 is 15.7 Å². The molecule has 1 aromatic carbocycles. The molecule has 0 aromatic heterocycles. The van der Waals surface area contributed by atoms with Crippen molar-refractivity contribution in [2.75, 3.05) is 17.3 Å². The number of halogens is 2. The van der Waals surface area contributed by atoms with Gasteiger partial charge >= 0.3 is 12.0 Å². The summed E-state index contributed by atoms with van der Waals surface area (Å²) in [5.41, 5.74) is -1.09. The minimum absolute atomic E-state index is 0.0950. The smallest absolute Gasteiger partial charge is 0.338 e. The SMILES string of the molecule is CCC(CSC)NC(=O)Nc1cc(C(=O)O)c(F)cc1F. The Balaban J connectivity index is 2.85. The van der Waals surface area contributed by atoms with Crippen LogP contribution in [-0.4, -0.2) is 35.2 Å². The summed E-state index contributed by atoms with van der Waals surface area (Å²) >= 11 is 1.55. The second-order valence-electron chi connectivity index (χ2n) is 4.28. The van der Waals surface area contributed by atoms with Gasteiger partial charge in [-0.3, -0.25) is 0 Å². The van der Waals surface area contributed by atoms with Crippen molar-refractivity contribution in [3.63, 3.8) is 0 Å². The number of carbonyl (C=O) groups excluding carboxylic acids is 1. The molecule has 0 fully saturated rings. The van der Waals surface area contributed by atoms with Crippen LogP contribution < -0.4 is 10.6 Å². The van der Waals surface area contributed by atoms with E-state index in [4.69, 9.17) is 5.11 Å². The maximum absolute atomic E-state index is 13.5. The number of anilines is 1. The first-order valence-electron chi connectivity index (χ1n) is 6.17. The van der Waals surface area contributed by atoms with Crippen molar-refractivity contribution in [1.29, 1.82) is 0 Å². The number of amides is 2. The summed E-state index contributed by atoms with van der Waals surface area (Å²) in [6, 6.07) is 0.417. The van der Waals surface area contributed by atoms with Gasteiger partial charge in [-0.05, 0) is 18.7 Å². The molecule has 1 atom stereocenters. The number of carboxylic acid groups (broad SMARTS) is 1. The molecule has 116 valence electrons. The molecule has 1 rings (SSSR count). The predicted octanol–water partition coefficient (Wildman–Crippen LogP) is 2.93. The number of urea groups is 1. The van der Waals surface area contributed by atoms with Gasteiger partial charge in [0, 0.05) is 17.9 Å². The fourth-order valence-corrected chi connectivity index (χ4v) is 2.34. The maximum Gasteiger partial charge on any atom is 0.338 e. The number of hydrogen-bond acceptors (Lipinski definition) is 3. The lowest BCUT2D eigenvalue weighted by Gasteiger charge is -2.16. The van der Waals surface area contributed by atoms with Gasteiger partial charge in [-0.1, -0.05) is 6.92 Å². The van der Waals surface area contributed by atoms with Crippen LogP contribution in [0, 0.1) is 11.6 Å². The Bertz CT molecular complexity index is 540. The number of nitrogens with one attached hydrogen (secondary N) is 2. The van der Waals surface area contributed by atoms with Crippen LogP contribution in [0.3, 0.4) is 0 Å². The molecule has 2 amide bonds. The quantitative estimate of drug-likeness (QED) is 0.753. The largest absolute Gasteiger partial charge is 0.478 e. The van der Waals surface area contributed by atoms with E-state index in [0.29, 0.717) is 18.2 Å². The number of hydrogen-bond donors (Lipinski definition) is 3. The fourth-order valence-electron chi connectivity index (χ4n) is 1.62. The zero-order chi connectivity index (χ0) is 16.0. The lowest BCUT2D eigenvalue weighted by Crippen LogP contribution is -2.39. The molecule has 0 bridgehead atoms. The van der Waals surface area contributed by atoms with E-state index in [1.54, 1.807) is 11.8 Å². The highest BCUT2D eigenvalue weighted by molar-refractivity contribution is 7.98. The molecule has 0 spiro atoms. The Hall–Kier alpha value is -1.83. The second-order valence-corrected chi connectivity index (χ2v) is 5.19. The first-order valence-corrected chi connectivity index (χ1v) is 7.57. The molecule has 0 aliphatic rings. The third kappa shape index (κ3) is 4.89. The zero-order valence-electron chi connectivity index (χ0n) is 11.6. The van der Waals surface area contributed by atoms with Gasteiger partial charge in [-0.2, -0.15) is 11.8 Å². The number of carboxylic acids is 1. The molecule has 1 unspecified atom stereocenters. The minimum atomic E-state index is -1.54. The number of rotatable bonds is 6. The van der Waals surface area contributed by atoms with E-state index < -0.39 is 29.2 Å². The molecule has 0 saturated heterocycles. The van der Waals surface area contributed by atoms with E-state index in [1.807, 2.05) is 13.2 Å². The van der Waals surface area contributed by atoms with Crippen molar-refractivity contribution in [3.8, 4) is 0 Å². The van der Waals surface area contributed by atoms with Gasteiger partial charge in [0.05, 0.1) is 11.3 Å². The molecular weight excluding hydrogens is 302 g/mol. The molecule has 0 aliphatic carbocycles. The highest BCUT2D eigenvalue weighted by atomic mass is 32.2. The van der Waals surface area contributed by atoms with Crippen molar-refractivity contribution in [1.82, 2.24) is 5.32 Å². The Morgan fingerprint density at radius 2 is 2.00 bits per heavy atom. The van der Waals surface area contributed by atoms with E-state index in [-0.39, 0.29) is 11.7 Å².